The molecule has 2 rings (SSSR count). The predicted octanol–water partition coefficient (Wildman–Crippen LogP) is 2.01. The second-order valence-electron chi connectivity index (χ2n) is 5.48. The van der Waals surface area contributed by atoms with Crippen LogP contribution in [0.4, 0.5) is 0 Å². The Morgan fingerprint density at radius 1 is 1.38 bits per heavy atom. The van der Waals surface area contributed by atoms with Gasteiger partial charge in [0.05, 0.1) is 13.5 Å². The van der Waals surface area contributed by atoms with Crippen LogP contribution in [-0.2, 0) is 16.0 Å². The molecule has 0 bridgehead atoms. The van der Waals surface area contributed by atoms with E-state index in [1.807, 2.05) is 25.1 Å². The average Bonchev–Trinajstić information content (AvgIpc) is 2.37. The van der Waals surface area contributed by atoms with E-state index in [4.69, 9.17) is 9.84 Å². The number of hydrogen-bond acceptors (Lipinski definition) is 3. The van der Waals surface area contributed by atoms with Crippen LogP contribution in [0.5, 0.6) is 5.75 Å². The van der Waals surface area contributed by atoms with Crippen LogP contribution in [0.2, 0.25) is 0 Å². The SMILES string of the molecule is COc1cc(CC(=O)N(CC(=O)O)C2CCC2)ccc1C. The lowest BCUT2D eigenvalue weighted by molar-refractivity contribution is -0.147. The normalized spacial score (nSPS) is 14.4. The van der Waals surface area contributed by atoms with Gasteiger partial charge in [-0.3, -0.25) is 9.59 Å². The van der Waals surface area contributed by atoms with Crippen LogP contribution in [0.1, 0.15) is 30.4 Å². The van der Waals surface area contributed by atoms with Crippen molar-refractivity contribution in [3.63, 3.8) is 0 Å². The maximum atomic E-state index is 12.4. The molecule has 5 heteroatoms. The van der Waals surface area contributed by atoms with Gasteiger partial charge in [-0.25, -0.2) is 0 Å². The Hall–Kier alpha value is -2.04. The molecule has 1 saturated carbocycles. The van der Waals surface area contributed by atoms with Crippen LogP contribution in [0.3, 0.4) is 0 Å². The number of methoxy groups -OCH3 is 1. The standard InChI is InChI=1S/C16H21NO4/c1-11-6-7-12(8-14(11)21-2)9-15(18)17(10-16(19)20)13-4-3-5-13/h6-8,13H,3-5,9-10H2,1-2H3,(H,19,20). The Morgan fingerprint density at radius 3 is 2.62 bits per heavy atom. The molecule has 0 atom stereocenters. The van der Waals surface area contributed by atoms with Crippen molar-refractivity contribution in [3.05, 3.63) is 29.3 Å². The molecule has 5 nitrogen and oxygen atoms in total. The minimum absolute atomic E-state index is 0.0842. The summed E-state index contributed by atoms with van der Waals surface area (Å²) in [7, 11) is 1.60. The Labute approximate surface area is 124 Å². The number of amides is 1. The Morgan fingerprint density at radius 2 is 2.10 bits per heavy atom. The van der Waals surface area contributed by atoms with Gasteiger partial charge in [0.2, 0.25) is 5.91 Å². The Balaban J connectivity index is 2.08. The molecule has 114 valence electrons. The summed E-state index contributed by atoms with van der Waals surface area (Å²) in [6.07, 6.45) is 3.07. The zero-order valence-electron chi connectivity index (χ0n) is 12.5. The molecule has 1 aliphatic rings. The van der Waals surface area contributed by atoms with Gasteiger partial charge in [0.25, 0.3) is 0 Å². The topological polar surface area (TPSA) is 66.8 Å². The van der Waals surface area contributed by atoms with Crippen molar-refractivity contribution in [2.45, 2.75) is 38.6 Å². The van der Waals surface area contributed by atoms with Gasteiger partial charge in [-0.05, 0) is 43.4 Å². The second kappa shape index (κ2) is 6.61. The van der Waals surface area contributed by atoms with Crippen molar-refractivity contribution in [1.29, 1.82) is 0 Å². The molecule has 1 fully saturated rings. The van der Waals surface area contributed by atoms with Crippen molar-refractivity contribution in [3.8, 4) is 5.75 Å². The van der Waals surface area contributed by atoms with E-state index in [-0.39, 0.29) is 24.9 Å². The molecule has 0 aromatic heterocycles. The number of carboxylic acid groups (broad SMARTS) is 1. The van der Waals surface area contributed by atoms with Crippen molar-refractivity contribution < 1.29 is 19.4 Å². The fourth-order valence-corrected chi connectivity index (χ4v) is 2.52. The molecule has 1 amide bonds. The highest BCUT2D eigenvalue weighted by Crippen LogP contribution is 2.26. The van der Waals surface area contributed by atoms with E-state index >= 15 is 0 Å². The number of rotatable bonds is 6. The quantitative estimate of drug-likeness (QED) is 0.870. The molecule has 0 spiro atoms. The molecule has 0 radical (unpaired) electrons. The zero-order valence-corrected chi connectivity index (χ0v) is 12.5. The van der Waals surface area contributed by atoms with Crippen molar-refractivity contribution in [2.24, 2.45) is 0 Å². The van der Waals surface area contributed by atoms with E-state index in [0.717, 1.165) is 36.1 Å². The van der Waals surface area contributed by atoms with Gasteiger partial charge in [0.15, 0.2) is 0 Å². The number of nitrogens with zero attached hydrogens (tertiary/aromatic N) is 1. The van der Waals surface area contributed by atoms with E-state index in [1.54, 1.807) is 7.11 Å². The number of carbonyl (C=O) groups is 2. The third-order valence-electron chi connectivity index (χ3n) is 3.97. The van der Waals surface area contributed by atoms with Crippen molar-refractivity contribution in [2.75, 3.05) is 13.7 Å². The van der Waals surface area contributed by atoms with E-state index in [1.165, 1.54) is 4.90 Å². The number of carbonyl (C=O) groups excluding carboxylic acids is 1. The number of ether oxygens (including phenoxy) is 1. The van der Waals surface area contributed by atoms with Gasteiger partial charge in [-0.1, -0.05) is 12.1 Å². The van der Waals surface area contributed by atoms with Crippen molar-refractivity contribution in [1.82, 2.24) is 4.90 Å². The molecule has 0 heterocycles. The highest BCUT2D eigenvalue weighted by Gasteiger charge is 2.30. The minimum atomic E-state index is -0.961. The lowest BCUT2D eigenvalue weighted by atomic mass is 9.91. The van der Waals surface area contributed by atoms with Gasteiger partial charge in [0, 0.05) is 6.04 Å². The average molecular weight is 291 g/mol. The smallest absolute Gasteiger partial charge is 0.323 e. The molecular formula is C16H21NO4. The summed E-state index contributed by atoms with van der Waals surface area (Å²) >= 11 is 0. The van der Waals surface area contributed by atoms with E-state index in [9.17, 15) is 9.59 Å². The van der Waals surface area contributed by atoms with Gasteiger partial charge in [-0.2, -0.15) is 0 Å². The van der Waals surface area contributed by atoms with Crippen LogP contribution < -0.4 is 4.74 Å². The number of benzene rings is 1. The van der Waals surface area contributed by atoms with E-state index < -0.39 is 5.97 Å². The predicted molar refractivity (Wildman–Crippen MR) is 78.4 cm³/mol. The van der Waals surface area contributed by atoms with Gasteiger partial charge in [-0.15, -0.1) is 0 Å². The summed E-state index contributed by atoms with van der Waals surface area (Å²) in [5.74, 6) is -0.349. The van der Waals surface area contributed by atoms with E-state index in [2.05, 4.69) is 0 Å². The Bertz CT molecular complexity index is 537. The molecule has 1 aromatic carbocycles. The van der Waals surface area contributed by atoms with Crippen molar-refractivity contribution >= 4 is 11.9 Å². The summed E-state index contributed by atoms with van der Waals surface area (Å²) < 4.78 is 5.25. The van der Waals surface area contributed by atoms with Gasteiger partial charge in [0.1, 0.15) is 12.3 Å². The third-order valence-corrected chi connectivity index (χ3v) is 3.97. The summed E-state index contributed by atoms with van der Waals surface area (Å²) in [5, 5.41) is 8.97. The molecule has 0 aliphatic heterocycles. The number of hydrogen-bond donors (Lipinski definition) is 1. The maximum Gasteiger partial charge on any atom is 0.323 e. The fraction of sp³-hybridized carbons (Fsp3) is 0.500. The molecule has 21 heavy (non-hydrogen) atoms. The van der Waals surface area contributed by atoms with Crippen LogP contribution in [0, 0.1) is 6.92 Å². The first-order valence-electron chi connectivity index (χ1n) is 7.16. The van der Waals surface area contributed by atoms with Gasteiger partial charge < -0.3 is 14.7 Å². The highest BCUT2D eigenvalue weighted by molar-refractivity contribution is 5.83. The summed E-state index contributed by atoms with van der Waals surface area (Å²) in [6.45, 7) is 1.72. The molecule has 1 aromatic rings. The monoisotopic (exact) mass is 291 g/mol. The highest BCUT2D eigenvalue weighted by atomic mass is 16.5. The largest absolute Gasteiger partial charge is 0.496 e. The second-order valence-corrected chi connectivity index (χ2v) is 5.48. The van der Waals surface area contributed by atoms with Crippen LogP contribution in [-0.4, -0.2) is 41.6 Å². The zero-order chi connectivity index (χ0) is 15.4. The first-order chi connectivity index (χ1) is 10.0. The summed E-state index contributed by atoms with van der Waals surface area (Å²) in [6, 6.07) is 5.72. The number of aryl methyl sites for hydroxylation is 1. The lowest BCUT2D eigenvalue weighted by Crippen LogP contribution is -2.47. The molecule has 0 unspecified atom stereocenters. The fourth-order valence-electron chi connectivity index (χ4n) is 2.52. The molecule has 1 aliphatic carbocycles. The summed E-state index contributed by atoms with van der Waals surface area (Å²) in [5.41, 5.74) is 1.85. The van der Waals surface area contributed by atoms with Gasteiger partial charge >= 0.3 is 5.97 Å². The lowest BCUT2D eigenvalue weighted by Gasteiger charge is -2.36. The van der Waals surface area contributed by atoms with Crippen LogP contribution in [0.25, 0.3) is 0 Å². The first kappa shape index (κ1) is 15.4. The van der Waals surface area contributed by atoms with Crippen LogP contribution >= 0.6 is 0 Å². The molecule has 1 N–H and O–H groups in total. The number of carboxylic acids is 1. The molecule has 0 saturated heterocycles. The number of aliphatic carboxylic acids is 1. The summed E-state index contributed by atoms with van der Waals surface area (Å²) in [4.78, 5) is 24.8. The van der Waals surface area contributed by atoms with E-state index in [0.29, 0.717) is 0 Å². The minimum Gasteiger partial charge on any atom is -0.496 e. The first-order valence-corrected chi connectivity index (χ1v) is 7.16. The third kappa shape index (κ3) is 3.74. The molecular weight excluding hydrogens is 270 g/mol. The maximum absolute atomic E-state index is 12.4. The Kier molecular flexibility index (Phi) is 4.83. The van der Waals surface area contributed by atoms with Crippen LogP contribution in [0.15, 0.2) is 18.2 Å².